The highest BCUT2D eigenvalue weighted by Crippen LogP contribution is 2.23. The number of halogens is 1. The lowest BCUT2D eigenvalue weighted by Crippen LogP contribution is -2.32. The van der Waals surface area contributed by atoms with Crippen molar-refractivity contribution >= 4 is 17.5 Å². The van der Waals surface area contributed by atoms with Crippen molar-refractivity contribution < 1.29 is 9.90 Å². The van der Waals surface area contributed by atoms with Gasteiger partial charge >= 0.3 is 0 Å². The molecular formula is C13H17ClN2O2. The molecule has 5 heteroatoms. The van der Waals surface area contributed by atoms with Gasteiger partial charge in [-0.05, 0) is 43.7 Å². The van der Waals surface area contributed by atoms with Crippen molar-refractivity contribution in [2.45, 2.75) is 31.8 Å². The second-order valence-corrected chi connectivity index (χ2v) is 5.18. The molecule has 0 saturated heterocycles. The molecule has 2 N–H and O–H groups in total. The summed E-state index contributed by atoms with van der Waals surface area (Å²) in [5.41, 5.74) is 0.346. The van der Waals surface area contributed by atoms with Crippen LogP contribution in [0, 0.1) is 5.92 Å². The number of hydrogen-bond donors (Lipinski definition) is 2. The molecule has 0 aliphatic heterocycles. The van der Waals surface area contributed by atoms with Gasteiger partial charge in [-0.2, -0.15) is 0 Å². The van der Waals surface area contributed by atoms with Crippen molar-refractivity contribution in [3.8, 4) is 0 Å². The summed E-state index contributed by atoms with van der Waals surface area (Å²) in [6.45, 7) is 0.639. The van der Waals surface area contributed by atoms with Crippen LogP contribution >= 0.6 is 11.6 Å². The molecule has 4 nitrogen and oxygen atoms in total. The minimum atomic E-state index is -0.191. The van der Waals surface area contributed by atoms with Crippen molar-refractivity contribution in [1.29, 1.82) is 0 Å². The van der Waals surface area contributed by atoms with E-state index in [1.165, 1.54) is 6.20 Å². The van der Waals surface area contributed by atoms with E-state index < -0.39 is 0 Å². The van der Waals surface area contributed by atoms with Crippen molar-refractivity contribution in [2.75, 3.05) is 6.54 Å². The van der Waals surface area contributed by atoms with Crippen LogP contribution in [0.25, 0.3) is 0 Å². The van der Waals surface area contributed by atoms with Crippen molar-refractivity contribution in [2.24, 2.45) is 5.92 Å². The van der Waals surface area contributed by atoms with Gasteiger partial charge in [0, 0.05) is 17.8 Å². The molecule has 1 aromatic rings. The van der Waals surface area contributed by atoms with Crippen molar-refractivity contribution in [3.63, 3.8) is 0 Å². The highest BCUT2D eigenvalue weighted by Gasteiger charge is 2.20. The normalized spacial score (nSPS) is 23.7. The van der Waals surface area contributed by atoms with Gasteiger partial charge < -0.3 is 10.4 Å². The molecule has 1 fully saturated rings. The summed E-state index contributed by atoms with van der Waals surface area (Å²) < 4.78 is 0. The van der Waals surface area contributed by atoms with Crippen LogP contribution in [-0.2, 0) is 0 Å². The van der Waals surface area contributed by atoms with Gasteiger partial charge in [-0.1, -0.05) is 11.6 Å². The number of carbonyl (C=O) groups is 1. The van der Waals surface area contributed by atoms with Crippen molar-refractivity contribution in [1.82, 2.24) is 10.3 Å². The maximum atomic E-state index is 11.8. The van der Waals surface area contributed by atoms with Crippen LogP contribution in [0.2, 0.25) is 5.02 Å². The standard InChI is InChI=1S/C13H17ClN2O2/c14-10-5-6-15-12(7-10)13(18)16-8-9-1-3-11(17)4-2-9/h5-7,9,11,17H,1-4,8H2,(H,16,18). The maximum Gasteiger partial charge on any atom is 0.269 e. The molecule has 1 saturated carbocycles. The molecule has 2 rings (SSSR count). The number of nitrogens with one attached hydrogen (secondary N) is 1. The summed E-state index contributed by atoms with van der Waals surface area (Å²) in [7, 11) is 0. The number of rotatable bonds is 3. The molecule has 1 amide bonds. The minimum absolute atomic E-state index is 0.161. The Morgan fingerprint density at radius 3 is 2.83 bits per heavy atom. The molecule has 18 heavy (non-hydrogen) atoms. The predicted octanol–water partition coefficient (Wildman–Crippen LogP) is 2.02. The molecule has 0 radical (unpaired) electrons. The molecule has 0 unspecified atom stereocenters. The number of nitrogens with zero attached hydrogens (tertiary/aromatic N) is 1. The number of amides is 1. The molecular weight excluding hydrogens is 252 g/mol. The molecule has 0 aromatic carbocycles. The molecule has 1 aromatic heterocycles. The Morgan fingerprint density at radius 2 is 2.17 bits per heavy atom. The zero-order valence-electron chi connectivity index (χ0n) is 10.1. The van der Waals surface area contributed by atoms with Gasteiger partial charge in [0.1, 0.15) is 5.69 Å². The van der Waals surface area contributed by atoms with Gasteiger partial charge in [0.25, 0.3) is 5.91 Å². The quantitative estimate of drug-likeness (QED) is 0.882. The fourth-order valence-corrected chi connectivity index (χ4v) is 2.37. The zero-order valence-corrected chi connectivity index (χ0v) is 10.9. The number of aromatic nitrogens is 1. The lowest BCUT2D eigenvalue weighted by molar-refractivity contribution is 0.0906. The maximum absolute atomic E-state index is 11.8. The van der Waals surface area contributed by atoms with Gasteiger partial charge in [0.05, 0.1) is 6.10 Å². The number of aliphatic hydroxyl groups is 1. The second kappa shape index (κ2) is 6.16. The van der Waals surface area contributed by atoms with E-state index in [-0.39, 0.29) is 12.0 Å². The number of hydrogen-bond acceptors (Lipinski definition) is 3. The molecule has 0 bridgehead atoms. The lowest BCUT2D eigenvalue weighted by Gasteiger charge is -2.25. The van der Waals surface area contributed by atoms with E-state index in [1.807, 2.05) is 0 Å². The Hall–Kier alpha value is -1.13. The zero-order chi connectivity index (χ0) is 13.0. The van der Waals surface area contributed by atoms with Crippen LogP contribution < -0.4 is 5.32 Å². The Balaban J connectivity index is 1.81. The first-order chi connectivity index (χ1) is 8.65. The third-order valence-corrected chi connectivity index (χ3v) is 3.56. The fourth-order valence-electron chi connectivity index (χ4n) is 2.21. The number of pyridine rings is 1. The summed E-state index contributed by atoms with van der Waals surface area (Å²) >= 11 is 5.81. The first kappa shape index (κ1) is 13.3. The molecule has 0 atom stereocenters. The van der Waals surface area contributed by atoms with Crippen LogP contribution in [0.5, 0.6) is 0 Å². The second-order valence-electron chi connectivity index (χ2n) is 4.74. The first-order valence-corrected chi connectivity index (χ1v) is 6.61. The molecule has 1 aliphatic carbocycles. The van der Waals surface area contributed by atoms with Gasteiger partial charge in [0.2, 0.25) is 0 Å². The molecule has 98 valence electrons. The van der Waals surface area contributed by atoms with E-state index >= 15 is 0 Å². The Bertz CT molecular complexity index is 417. The topological polar surface area (TPSA) is 62.2 Å². The Morgan fingerprint density at radius 1 is 1.44 bits per heavy atom. The summed E-state index contributed by atoms with van der Waals surface area (Å²) in [6.07, 6.45) is 4.95. The smallest absolute Gasteiger partial charge is 0.269 e. The minimum Gasteiger partial charge on any atom is -0.393 e. The average molecular weight is 269 g/mol. The van der Waals surface area contributed by atoms with Gasteiger partial charge in [-0.3, -0.25) is 9.78 Å². The third kappa shape index (κ3) is 3.68. The van der Waals surface area contributed by atoms with Crippen LogP contribution in [0.1, 0.15) is 36.2 Å². The average Bonchev–Trinajstić information content (AvgIpc) is 2.38. The van der Waals surface area contributed by atoms with Gasteiger partial charge in [-0.15, -0.1) is 0 Å². The lowest BCUT2D eigenvalue weighted by atomic mass is 9.87. The van der Waals surface area contributed by atoms with E-state index in [1.54, 1.807) is 12.1 Å². The van der Waals surface area contributed by atoms with Gasteiger partial charge in [0.15, 0.2) is 0 Å². The van der Waals surface area contributed by atoms with Crippen LogP contribution in [0.3, 0.4) is 0 Å². The predicted molar refractivity (Wildman–Crippen MR) is 69.5 cm³/mol. The first-order valence-electron chi connectivity index (χ1n) is 6.23. The van der Waals surface area contributed by atoms with E-state index in [4.69, 9.17) is 11.6 Å². The fraction of sp³-hybridized carbons (Fsp3) is 0.538. The van der Waals surface area contributed by atoms with Crippen LogP contribution in [-0.4, -0.2) is 28.6 Å². The number of carbonyl (C=O) groups excluding carboxylic acids is 1. The van der Waals surface area contributed by atoms with E-state index in [2.05, 4.69) is 10.3 Å². The van der Waals surface area contributed by atoms with Crippen LogP contribution in [0.15, 0.2) is 18.3 Å². The molecule has 1 aliphatic rings. The van der Waals surface area contributed by atoms with Crippen LogP contribution in [0.4, 0.5) is 0 Å². The summed E-state index contributed by atoms with van der Waals surface area (Å²) in [5.74, 6) is 0.264. The Kier molecular flexibility index (Phi) is 4.55. The molecule has 0 spiro atoms. The SMILES string of the molecule is O=C(NCC1CCC(O)CC1)c1cc(Cl)ccn1. The highest BCUT2D eigenvalue weighted by molar-refractivity contribution is 6.30. The van der Waals surface area contributed by atoms with E-state index in [0.29, 0.717) is 23.2 Å². The Labute approximate surface area is 111 Å². The monoisotopic (exact) mass is 268 g/mol. The highest BCUT2D eigenvalue weighted by atomic mass is 35.5. The van der Waals surface area contributed by atoms with E-state index in [0.717, 1.165) is 25.7 Å². The number of aliphatic hydroxyl groups excluding tert-OH is 1. The third-order valence-electron chi connectivity index (χ3n) is 3.32. The molecule has 1 heterocycles. The summed E-state index contributed by atoms with van der Waals surface area (Å²) in [6, 6.07) is 3.20. The van der Waals surface area contributed by atoms with Gasteiger partial charge in [-0.25, -0.2) is 0 Å². The van der Waals surface area contributed by atoms with Crippen molar-refractivity contribution in [3.05, 3.63) is 29.0 Å². The summed E-state index contributed by atoms with van der Waals surface area (Å²) in [5, 5.41) is 12.8. The largest absolute Gasteiger partial charge is 0.393 e. The van der Waals surface area contributed by atoms with E-state index in [9.17, 15) is 9.90 Å². The summed E-state index contributed by atoms with van der Waals surface area (Å²) in [4.78, 5) is 15.8.